The van der Waals surface area contributed by atoms with Gasteiger partial charge in [-0.2, -0.15) is 11.3 Å². The zero-order valence-electron chi connectivity index (χ0n) is 10.5. The van der Waals surface area contributed by atoms with E-state index >= 15 is 0 Å². The molecule has 2 aromatic rings. The van der Waals surface area contributed by atoms with Crippen LogP contribution in [0.5, 0.6) is 0 Å². The van der Waals surface area contributed by atoms with E-state index in [1.807, 2.05) is 18.2 Å². The van der Waals surface area contributed by atoms with Gasteiger partial charge >= 0.3 is 0 Å². The predicted octanol–water partition coefficient (Wildman–Crippen LogP) is 4.19. The fraction of sp³-hybridized carbons (Fsp3) is 0.214. The van der Waals surface area contributed by atoms with Gasteiger partial charge in [-0.3, -0.25) is 0 Å². The first-order chi connectivity index (χ1) is 9.06. The maximum absolute atomic E-state index is 5.75. The molecule has 0 saturated heterocycles. The minimum atomic E-state index is 0.317. The Kier molecular flexibility index (Phi) is 4.96. The molecule has 0 spiro atoms. The van der Waals surface area contributed by atoms with Crippen LogP contribution in [-0.4, -0.2) is 11.0 Å². The summed E-state index contributed by atoms with van der Waals surface area (Å²) >= 11 is 10.3. The van der Waals surface area contributed by atoms with E-state index in [4.69, 9.17) is 18.0 Å². The second kappa shape index (κ2) is 6.50. The summed E-state index contributed by atoms with van der Waals surface area (Å²) in [7, 11) is 0. The van der Waals surface area contributed by atoms with Crippen LogP contribution in [-0.2, 0) is 6.42 Å². The summed E-state index contributed by atoms with van der Waals surface area (Å²) in [4.78, 5) is 0.415. The Morgan fingerprint density at radius 1 is 1.47 bits per heavy atom. The van der Waals surface area contributed by atoms with Crippen LogP contribution >= 0.6 is 39.5 Å². The van der Waals surface area contributed by atoms with Crippen molar-refractivity contribution in [2.24, 2.45) is 5.73 Å². The predicted molar refractivity (Wildman–Crippen MR) is 91.1 cm³/mol. The molecule has 0 aliphatic heterocycles. The molecule has 2 rings (SSSR count). The van der Waals surface area contributed by atoms with E-state index in [2.05, 4.69) is 45.0 Å². The van der Waals surface area contributed by atoms with Crippen molar-refractivity contribution in [1.82, 2.24) is 0 Å². The number of thiophene rings is 1. The van der Waals surface area contributed by atoms with Crippen LogP contribution in [0.2, 0.25) is 0 Å². The first-order valence-corrected chi connectivity index (χ1v) is 8.07. The van der Waals surface area contributed by atoms with Gasteiger partial charge in [-0.25, -0.2) is 0 Å². The molecule has 1 heterocycles. The second-order valence-corrected chi connectivity index (χ2v) is 6.57. The number of nitrogens with one attached hydrogen (secondary N) is 1. The fourth-order valence-corrected chi connectivity index (χ4v) is 3.15. The van der Waals surface area contributed by atoms with E-state index in [-0.39, 0.29) is 0 Å². The third-order valence-electron chi connectivity index (χ3n) is 2.77. The normalized spacial score (nSPS) is 12.1. The first-order valence-electron chi connectivity index (χ1n) is 5.93. The van der Waals surface area contributed by atoms with Crippen LogP contribution in [0.4, 0.5) is 5.69 Å². The van der Waals surface area contributed by atoms with Crippen molar-refractivity contribution in [3.05, 3.63) is 50.6 Å². The largest absolute Gasteiger partial charge is 0.389 e. The summed E-state index contributed by atoms with van der Waals surface area (Å²) < 4.78 is 1.01. The molecule has 0 aliphatic rings. The lowest BCUT2D eigenvalue weighted by Gasteiger charge is -2.17. The number of nitrogens with two attached hydrogens (primary N) is 1. The summed E-state index contributed by atoms with van der Waals surface area (Å²) in [5.41, 5.74) is 8.96. The molecule has 1 unspecified atom stereocenters. The molecule has 0 bridgehead atoms. The van der Waals surface area contributed by atoms with E-state index in [0.717, 1.165) is 22.1 Å². The Hall–Kier alpha value is -0.910. The molecule has 5 heteroatoms. The molecule has 19 heavy (non-hydrogen) atoms. The van der Waals surface area contributed by atoms with Gasteiger partial charge in [0.1, 0.15) is 4.99 Å². The van der Waals surface area contributed by atoms with Gasteiger partial charge in [0, 0.05) is 21.8 Å². The van der Waals surface area contributed by atoms with E-state index in [9.17, 15) is 0 Å². The Labute approximate surface area is 131 Å². The summed E-state index contributed by atoms with van der Waals surface area (Å²) in [6, 6.07) is 8.36. The molecule has 0 amide bonds. The van der Waals surface area contributed by atoms with Gasteiger partial charge in [-0.15, -0.1) is 0 Å². The zero-order chi connectivity index (χ0) is 13.8. The maximum Gasteiger partial charge on any atom is 0.106 e. The third kappa shape index (κ3) is 4.03. The molecule has 0 saturated carbocycles. The molecular weight excluding hydrogens is 340 g/mol. The Bertz CT molecular complexity index is 567. The van der Waals surface area contributed by atoms with Crippen LogP contribution in [0.15, 0.2) is 39.5 Å². The molecule has 0 radical (unpaired) electrons. The van der Waals surface area contributed by atoms with Crippen molar-refractivity contribution in [3.63, 3.8) is 0 Å². The highest BCUT2D eigenvalue weighted by atomic mass is 79.9. The molecule has 1 aromatic heterocycles. The molecule has 2 nitrogen and oxygen atoms in total. The highest BCUT2D eigenvalue weighted by molar-refractivity contribution is 9.10. The number of anilines is 1. The second-order valence-electron chi connectivity index (χ2n) is 4.44. The van der Waals surface area contributed by atoms with Crippen molar-refractivity contribution >= 4 is 50.2 Å². The van der Waals surface area contributed by atoms with Crippen LogP contribution in [0.1, 0.15) is 18.1 Å². The Balaban J connectivity index is 2.13. The number of hydrogen-bond acceptors (Lipinski definition) is 3. The van der Waals surface area contributed by atoms with E-state index in [1.165, 1.54) is 5.56 Å². The Morgan fingerprint density at radius 2 is 2.26 bits per heavy atom. The lowest BCUT2D eigenvalue weighted by molar-refractivity contribution is 0.792. The van der Waals surface area contributed by atoms with Gasteiger partial charge in [0.25, 0.3) is 0 Å². The van der Waals surface area contributed by atoms with Crippen molar-refractivity contribution < 1.29 is 0 Å². The van der Waals surface area contributed by atoms with Gasteiger partial charge in [0.05, 0.1) is 0 Å². The monoisotopic (exact) mass is 354 g/mol. The molecule has 1 atom stereocenters. The SMILES string of the molecule is CC(Cc1ccsc1)Nc1cc(Br)ccc1C(N)=S. The fourth-order valence-electron chi connectivity index (χ4n) is 1.93. The number of rotatable bonds is 5. The number of benzene rings is 1. The van der Waals surface area contributed by atoms with Crippen LogP contribution < -0.4 is 11.1 Å². The minimum absolute atomic E-state index is 0.317. The standard InChI is InChI=1S/C14H15BrN2S2/c1-9(6-10-4-5-19-8-10)17-13-7-11(15)2-3-12(13)14(16)18/h2-5,7-9,17H,6H2,1H3,(H2,16,18). The summed E-state index contributed by atoms with van der Waals surface area (Å²) in [6.45, 7) is 2.15. The van der Waals surface area contributed by atoms with Gasteiger partial charge in [-0.1, -0.05) is 28.1 Å². The average Bonchev–Trinajstić information content (AvgIpc) is 2.81. The minimum Gasteiger partial charge on any atom is -0.389 e. The summed E-state index contributed by atoms with van der Waals surface area (Å²) in [5, 5.41) is 7.75. The number of thiocarbonyl (C=S) groups is 1. The van der Waals surface area contributed by atoms with Gasteiger partial charge < -0.3 is 11.1 Å². The van der Waals surface area contributed by atoms with Crippen LogP contribution in [0, 0.1) is 0 Å². The van der Waals surface area contributed by atoms with Crippen molar-refractivity contribution in [3.8, 4) is 0 Å². The molecule has 0 fully saturated rings. The quantitative estimate of drug-likeness (QED) is 0.790. The number of halogens is 1. The Morgan fingerprint density at radius 3 is 2.89 bits per heavy atom. The van der Waals surface area contributed by atoms with E-state index in [1.54, 1.807) is 11.3 Å². The topological polar surface area (TPSA) is 38.0 Å². The molecular formula is C14H15BrN2S2. The third-order valence-corrected chi connectivity index (χ3v) is 4.22. The molecule has 0 aliphatic carbocycles. The zero-order valence-corrected chi connectivity index (χ0v) is 13.7. The van der Waals surface area contributed by atoms with Gasteiger partial charge in [0.2, 0.25) is 0 Å². The van der Waals surface area contributed by atoms with Gasteiger partial charge in [0.15, 0.2) is 0 Å². The number of hydrogen-bond donors (Lipinski definition) is 2. The first kappa shape index (κ1) is 14.5. The summed E-state index contributed by atoms with van der Waals surface area (Å²) in [6.07, 6.45) is 0.979. The molecule has 100 valence electrons. The van der Waals surface area contributed by atoms with Crippen molar-refractivity contribution in [1.29, 1.82) is 0 Å². The van der Waals surface area contributed by atoms with Gasteiger partial charge in [-0.05, 0) is 53.9 Å². The van der Waals surface area contributed by atoms with E-state index in [0.29, 0.717) is 11.0 Å². The van der Waals surface area contributed by atoms with Crippen molar-refractivity contribution in [2.45, 2.75) is 19.4 Å². The smallest absolute Gasteiger partial charge is 0.106 e. The highest BCUT2D eigenvalue weighted by Gasteiger charge is 2.10. The molecule has 1 aromatic carbocycles. The molecule has 3 N–H and O–H groups in total. The lowest BCUT2D eigenvalue weighted by Crippen LogP contribution is -2.21. The maximum atomic E-state index is 5.75. The average molecular weight is 355 g/mol. The van der Waals surface area contributed by atoms with Crippen LogP contribution in [0.3, 0.4) is 0 Å². The summed E-state index contributed by atoms with van der Waals surface area (Å²) in [5.74, 6) is 0. The highest BCUT2D eigenvalue weighted by Crippen LogP contribution is 2.23. The van der Waals surface area contributed by atoms with E-state index < -0.39 is 0 Å². The van der Waals surface area contributed by atoms with Crippen molar-refractivity contribution in [2.75, 3.05) is 5.32 Å². The lowest BCUT2D eigenvalue weighted by atomic mass is 10.1. The van der Waals surface area contributed by atoms with Crippen LogP contribution in [0.25, 0.3) is 0 Å².